The molecular formula is C28H33N3O4S. The van der Waals surface area contributed by atoms with Crippen LogP contribution in [-0.2, 0) is 9.59 Å². The number of hydrogen-bond acceptors (Lipinski definition) is 5. The quantitative estimate of drug-likeness (QED) is 0.383. The van der Waals surface area contributed by atoms with E-state index in [-0.39, 0.29) is 17.9 Å². The predicted octanol–water partition coefficient (Wildman–Crippen LogP) is 5.39. The predicted molar refractivity (Wildman–Crippen MR) is 141 cm³/mol. The molecule has 1 amide bonds. The molecule has 2 heterocycles. The minimum atomic E-state index is -1.01. The molecule has 190 valence electrons. The van der Waals surface area contributed by atoms with E-state index >= 15 is 0 Å². The number of carboxylic acids is 1. The summed E-state index contributed by atoms with van der Waals surface area (Å²) in [6, 6.07) is 9.76. The molecule has 2 aromatic heterocycles. The zero-order valence-corrected chi connectivity index (χ0v) is 22.0. The Morgan fingerprint density at radius 2 is 1.86 bits per heavy atom. The van der Waals surface area contributed by atoms with Gasteiger partial charge in [-0.25, -0.2) is 4.68 Å². The number of amides is 1. The molecule has 1 fully saturated rings. The molecule has 0 unspecified atom stereocenters. The van der Waals surface area contributed by atoms with Gasteiger partial charge in [-0.05, 0) is 78.8 Å². The summed E-state index contributed by atoms with van der Waals surface area (Å²) in [6.45, 7) is 8.07. The number of thiophene rings is 1. The number of hydrogen-bond donors (Lipinski definition) is 2. The minimum absolute atomic E-state index is 0.133. The van der Waals surface area contributed by atoms with E-state index in [0.29, 0.717) is 12.3 Å². The highest BCUT2D eigenvalue weighted by Gasteiger charge is 2.30. The van der Waals surface area contributed by atoms with Gasteiger partial charge in [-0.2, -0.15) is 5.10 Å². The van der Waals surface area contributed by atoms with E-state index in [1.807, 2.05) is 31.4 Å². The number of carboxylic acid groups (broad SMARTS) is 1. The Balaban J connectivity index is 1.64. The van der Waals surface area contributed by atoms with Gasteiger partial charge in [0.05, 0.1) is 18.2 Å². The summed E-state index contributed by atoms with van der Waals surface area (Å²) in [5, 5.41) is 19.0. The lowest BCUT2D eigenvalue weighted by atomic mass is 9.99. The molecule has 1 aromatic carbocycles. The average Bonchev–Trinajstić information content (AvgIpc) is 3.54. The highest BCUT2D eigenvalue weighted by Crippen LogP contribution is 2.39. The molecule has 0 aliphatic heterocycles. The molecule has 2 N–H and O–H groups in total. The molecule has 0 radical (unpaired) electrons. The zero-order valence-electron chi connectivity index (χ0n) is 21.2. The van der Waals surface area contributed by atoms with Gasteiger partial charge in [0.15, 0.2) is 0 Å². The number of rotatable bonds is 10. The Morgan fingerprint density at radius 1 is 1.17 bits per heavy atom. The zero-order chi connectivity index (χ0) is 26.0. The van der Waals surface area contributed by atoms with Crippen molar-refractivity contribution in [3.05, 3.63) is 74.5 Å². The van der Waals surface area contributed by atoms with Crippen molar-refractivity contribution in [3.63, 3.8) is 0 Å². The minimum Gasteiger partial charge on any atom is -0.481 e. The van der Waals surface area contributed by atoms with Crippen LogP contribution in [0.1, 0.15) is 79.9 Å². The van der Waals surface area contributed by atoms with Crippen molar-refractivity contribution in [3.8, 4) is 10.4 Å². The number of carbonyl (C=O) groups excluding carboxylic acids is 1. The van der Waals surface area contributed by atoms with E-state index in [1.54, 1.807) is 6.07 Å². The summed E-state index contributed by atoms with van der Waals surface area (Å²) in [7, 11) is 0. The number of nitrogens with zero attached hydrogens (tertiary/aromatic N) is 2. The topological polar surface area (TPSA) is 101 Å². The van der Waals surface area contributed by atoms with E-state index in [1.165, 1.54) is 22.1 Å². The lowest BCUT2D eigenvalue weighted by molar-refractivity contribution is -0.138. The first-order valence-electron chi connectivity index (χ1n) is 12.4. The van der Waals surface area contributed by atoms with E-state index in [2.05, 4.69) is 36.4 Å². The largest absolute Gasteiger partial charge is 0.481 e. The molecule has 0 bridgehead atoms. The van der Waals surface area contributed by atoms with Crippen LogP contribution in [0.4, 0.5) is 0 Å². The molecule has 1 saturated carbocycles. The fourth-order valence-electron chi connectivity index (χ4n) is 4.59. The van der Waals surface area contributed by atoms with Gasteiger partial charge in [-0.15, -0.1) is 11.3 Å². The summed E-state index contributed by atoms with van der Waals surface area (Å²) in [6.07, 6.45) is 2.24. The molecule has 4 rings (SSSR count). The molecule has 1 aliphatic rings. The summed E-state index contributed by atoms with van der Waals surface area (Å²) in [4.78, 5) is 39.1. The van der Waals surface area contributed by atoms with Crippen molar-refractivity contribution in [1.29, 1.82) is 0 Å². The molecular weight excluding hydrogens is 474 g/mol. The molecule has 36 heavy (non-hydrogen) atoms. The first kappa shape index (κ1) is 25.8. The first-order valence-corrected chi connectivity index (χ1v) is 13.3. The van der Waals surface area contributed by atoms with Crippen molar-refractivity contribution >= 4 is 23.2 Å². The van der Waals surface area contributed by atoms with Crippen molar-refractivity contribution in [2.45, 2.75) is 71.4 Å². The SMILES string of the molecule is Cc1cccc(C)c1-c1cc([C@H](CC(=O)O)NC(=O)[C@@H](CC(C)C)n2nc(C3CC3)ccc2=O)cs1. The third kappa shape index (κ3) is 5.93. The maximum Gasteiger partial charge on any atom is 0.305 e. The second-order valence-corrected chi connectivity index (χ2v) is 11.0. The number of nitrogens with one attached hydrogen (secondary N) is 1. The van der Waals surface area contributed by atoms with Crippen LogP contribution in [0, 0.1) is 19.8 Å². The van der Waals surface area contributed by atoms with Crippen LogP contribution in [0.25, 0.3) is 10.4 Å². The summed E-state index contributed by atoms with van der Waals surface area (Å²) >= 11 is 1.53. The van der Waals surface area contributed by atoms with Crippen molar-refractivity contribution in [2.75, 3.05) is 0 Å². The van der Waals surface area contributed by atoms with Crippen LogP contribution in [-0.4, -0.2) is 26.8 Å². The number of aliphatic carboxylic acids is 1. The van der Waals surface area contributed by atoms with Crippen LogP contribution in [0.2, 0.25) is 0 Å². The monoisotopic (exact) mass is 507 g/mol. The maximum atomic E-state index is 13.6. The summed E-state index contributed by atoms with van der Waals surface area (Å²) in [5.74, 6) is -0.925. The highest BCUT2D eigenvalue weighted by atomic mass is 32.1. The summed E-state index contributed by atoms with van der Waals surface area (Å²) in [5.41, 5.74) is 4.64. The van der Waals surface area contributed by atoms with E-state index in [9.17, 15) is 19.5 Å². The number of carbonyl (C=O) groups is 2. The molecule has 1 aliphatic carbocycles. The molecule has 0 spiro atoms. The van der Waals surface area contributed by atoms with Crippen molar-refractivity contribution in [1.82, 2.24) is 15.1 Å². The van der Waals surface area contributed by atoms with Gasteiger partial charge < -0.3 is 10.4 Å². The van der Waals surface area contributed by atoms with E-state index in [0.717, 1.165) is 45.7 Å². The van der Waals surface area contributed by atoms with Gasteiger partial charge in [-0.1, -0.05) is 32.0 Å². The number of benzene rings is 1. The highest BCUT2D eigenvalue weighted by molar-refractivity contribution is 7.13. The van der Waals surface area contributed by atoms with E-state index in [4.69, 9.17) is 0 Å². The molecule has 3 aromatic rings. The Labute approximate surface area is 215 Å². The second kappa shape index (κ2) is 10.8. The average molecular weight is 508 g/mol. The van der Waals surface area contributed by atoms with Crippen LogP contribution >= 0.6 is 11.3 Å². The van der Waals surface area contributed by atoms with Gasteiger partial charge in [0, 0.05) is 16.9 Å². The van der Waals surface area contributed by atoms with Gasteiger partial charge in [0.1, 0.15) is 6.04 Å². The first-order chi connectivity index (χ1) is 17.1. The smallest absolute Gasteiger partial charge is 0.305 e. The normalized spacial score (nSPS) is 15.0. The Morgan fingerprint density at radius 3 is 2.47 bits per heavy atom. The van der Waals surface area contributed by atoms with Crippen LogP contribution in [0.3, 0.4) is 0 Å². The fourth-order valence-corrected chi connectivity index (χ4v) is 5.73. The van der Waals surface area contributed by atoms with Crippen molar-refractivity contribution < 1.29 is 14.7 Å². The Hall–Kier alpha value is -3.26. The standard InChI is InChI=1S/C28H33N3O4S/c1-16(2)12-23(31-25(32)11-10-21(30-31)19-8-9-19)28(35)29-22(14-26(33)34)20-13-24(36-15-20)27-17(3)6-5-7-18(27)4/h5-7,10-11,13,15-16,19,22-23H,8-9,12,14H2,1-4H3,(H,29,35)(H,33,34)/t22-,23+/m0/s1. The van der Waals surface area contributed by atoms with Crippen LogP contribution < -0.4 is 10.9 Å². The number of aromatic nitrogens is 2. The lowest BCUT2D eigenvalue weighted by Gasteiger charge is -2.24. The molecule has 8 heteroatoms. The third-order valence-electron chi connectivity index (χ3n) is 6.58. The van der Waals surface area contributed by atoms with Gasteiger partial charge in [-0.3, -0.25) is 14.4 Å². The van der Waals surface area contributed by atoms with Crippen LogP contribution in [0.15, 0.2) is 46.6 Å². The van der Waals surface area contributed by atoms with Gasteiger partial charge in [0.2, 0.25) is 5.91 Å². The van der Waals surface area contributed by atoms with E-state index < -0.39 is 24.0 Å². The van der Waals surface area contributed by atoms with Crippen molar-refractivity contribution in [2.24, 2.45) is 5.92 Å². The maximum absolute atomic E-state index is 13.6. The second-order valence-electron chi connectivity index (χ2n) is 10.1. The van der Waals surface area contributed by atoms with Crippen LogP contribution in [0.5, 0.6) is 0 Å². The lowest BCUT2D eigenvalue weighted by Crippen LogP contribution is -2.41. The van der Waals surface area contributed by atoms with Gasteiger partial charge >= 0.3 is 5.97 Å². The Bertz CT molecular complexity index is 1300. The van der Waals surface area contributed by atoms with Gasteiger partial charge in [0.25, 0.3) is 5.56 Å². The third-order valence-corrected chi connectivity index (χ3v) is 7.54. The molecule has 2 atom stereocenters. The Kier molecular flexibility index (Phi) is 7.73. The fraction of sp³-hybridized carbons (Fsp3) is 0.429. The molecule has 0 saturated heterocycles. The number of aryl methyl sites for hydroxylation is 2. The summed E-state index contributed by atoms with van der Waals surface area (Å²) < 4.78 is 1.29. The molecule has 7 nitrogen and oxygen atoms in total.